The van der Waals surface area contributed by atoms with Crippen LogP contribution in [0.4, 0.5) is 0 Å². The topological polar surface area (TPSA) is 27.7 Å². The van der Waals surface area contributed by atoms with Crippen molar-refractivity contribution in [3.8, 4) is 0 Å². The van der Waals surface area contributed by atoms with Gasteiger partial charge in [0.05, 0.1) is 12.2 Å². The van der Waals surface area contributed by atoms with Crippen LogP contribution in [-0.4, -0.2) is 75.4 Å². The highest BCUT2D eigenvalue weighted by Gasteiger charge is 2.26. The molecule has 0 radical (unpaired) electrons. The molecule has 1 rings (SSSR count). The van der Waals surface area contributed by atoms with Crippen molar-refractivity contribution in [1.29, 1.82) is 0 Å². The molecule has 0 amide bonds. The third-order valence-corrected chi connectivity index (χ3v) is 3.68. The van der Waals surface area contributed by atoms with Crippen LogP contribution in [0.2, 0.25) is 0 Å². The Morgan fingerprint density at radius 3 is 2.42 bits per heavy atom. The maximum absolute atomic E-state index is 6.13. The van der Waals surface area contributed by atoms with E-state index in [1.807, 2.05) is 0 Å². The molecule has 2 unspecified atom stereocenters. The molecule has 0 aliphatic carbocycles. The molecule has 0 aromatic heterocycles. The highest BCUT2D eigenvalue weighted by molar-refractivity contribution is 4.78. The first-order chi connectivity index (χ1) is 9.15. The van der Waals surface area contributed by atoms with E-state index in [9.17, 15) is 0 Å². The van der Waals surface area contributed by atoms with E-state index in [0.29, 0.717) is 12.2 Å². The Bertz CT molecular complexity index is 223. The second-order valence-electron chi connectivity index (χ2n) is 5.87. The van der Waals surface area contributed by atoms with Gasteiger partial charge in [-0.1, -0.05) is 13.8 Å². The monoisotopic (exact) mass is 271 g/mol. The third kappa shape index (κ3) is 7.25. The van der Waals surface area contributed by atoms with Gasteiger partial charge in [-0.05, 0) is 46.4 Å². The van der Waals surface area contributed by atoms with Crippen LogP contribution < -0.4 is 5.32 Å². The Hall–Kier alpha value is -0.160. The lowest BCUT2D eigenvalue weighted by molar-refractivity contribution is 0.0226. The van der Waals surface area contributed by atoms with Gasteiger partial charge in [0.25, 0.3) is 0 Å². The van der Waals surface area contributed by atoms with Gasteiger partial charge in [0, 0.05) is 26.2 Å². The fourth-order valence-corrected chi connectivity index (χ4v) is 2.61. The van der Waals surface area contributed by atoms with Gasteiger partial charge in [-0.15, -0.1) is 0 Å². The Balaban J connectivity index is 2.26. The summed E-state index contributed by atoms with van der Waals surface area (Å²) in [7, 11) is 4.28. The largest absolute Gasteiger partial charge is 0.372 e. The minimum absolute atomic E-state index is 0.433. The summed E-state index contributed by atoms with van der Waals surface area (Å²) in [5.74, 6) is 0. The van der Waals surface area contributed by atoms with Gasteiger partial charge < -0.3 is 15.0 Å². The van der Waals surface area contributed by atoms with Crippen LogP contribution >= 0.6 is 0 Å². The average molecular weight is 271 g/mol. The van der Waals surface area contributed by atoms with E-state index in [4.69, 9.17) is 4.74 Å². The minimum atomic E-state index is 0.433. The first kappa shape index (κ1) is 16.9. The van der Waals surface area contributed by atoms with Crippen molar-refractivity contribution >= 4 is 0 Å². The lowest BCUT2D eigenvalue weighted by Gasteiger charge is -2.26. The van der Waals surface area contributed by atoms with E-state index in [2.05, 4.69) is 43.1 Å². The molecule has 19 heavy (non-hydrogen) atoms. The molecule has 1 heterocycles. The summed E-state index contributed by atoms with van der Waals surface area (Å²) in [6.45, 7) is 11.0. The van der Waals surface area contributed by atoms with E-state index in [1.54, 1.807) is 0 Å². The van der Waals surface area contributed by atoms with Crippen LogP contribution in [0.25, 0.3) is 0 Å². The maximum Gasteiger partial charge on any atom is 0.0707 e. The van der Waals surface area contributed by atoms with E-state index >= 15 is 0 Å². The number of nitrogens with zero attached hydrogens (tertiary/aromatic N) is 2. The number of likely N-dealkylation sites (N-methyl/N-ethyl adjacent to an activating group) is 2. The summed E-state index contributed by atoms with van der Waals surface area (Å²) in [5.41, 5.74) is 0. The molecule has 1 saturated heterocycles. The van der Waals surface area contributed by atoms with E-state index < -0.39 is 0 Å². The van der Waals surface area contributed by atoms with E-state index in [-0.39, 0.29) is 0 Å². The molecule has 0 saturated carbocycles. The highest BCUT2D eigenvalue weighted by atomic mass is 16.5. The first-order valence-corrected chi connectivity index (χ1v) is 7.89. The highest BCUT2D eigenvalue weighted by Crippen LogP contribution is 2.20. The summed E-state index contributed by atoms with van der Waals surface area (Å²) in [5, 5.41) is 3.38. The zero-order chi connectivity index (χ0) is 14.1. The Morgan fingerprint density at radius 2 is 1.79 bits per heavy atom. The number of nitrogens with one attached hydrogen (secondary N) is 1. The fourth-order valence-electron chi connectivity index (χ4n) is 2.61. The lowest BCUT2D eigenvalue weighted by Crippen LogP contribution is -2.38. The number of rotatable bonds is 10. The maximum atomic E-state index is 6.13. The van der Waals surface area contributed by atoms with Crippen LogP contribution in [0, 0.1) is 0 Å². The molecule has 1 fully saturated rings. The number of ether oxygens (including phenoxy) is 1. The van der Waals surface area contributed by atoms with Crippen LogP contribution in [0.3, 0.4) is 0 Å². The molecule has 1 aliphatic heterocycles. The molecule has 1 N–H and O–H groups in total. The van der Waals surface area contributed by atoms with Gasteiger partial charge >= 0.3 is 0 Å². The van der Waals surface area contributed by atoms with E-state index in [0.717, 1.165) is 32.7 Å². The summed E-state index contributed by atoms with van der Waals surface area (Å²) < 4.78 is 6.13. The Labute approximate surface area is 119 Å². The summed E-state index contributed by atoms with van der Waals surface area (Å²) >= 11 is 0. The molecule has 0 bridgehead atoms. The van der Waals surface area contributed by atoms with Crippen LogP contribution in [0.1, 0.15) is 33.1 Å². The normalized spacial score (nSPS) is 23.7. The fraction of sp³-hybridized carbons (Fsp3) is 1.00. The second-order valence-corrected chi connectivity index (χ2v) is 5.87. The molecule has 4 heteroatoms. The standard InChI is InChI=1S/C15H33N3O/c1-5-9-18(11-10-17(3)4)13-15-8-7-14(19-15)12-16-6-2/h14-16H,5-13H2,1-4H3. The molecule has 114 valence electrons. The predicted molar refractivity (Wildman–Crippen MR) is 81.7 cm³/mol. The van der Waals surface area contributed by atoms with Gasteiger partial charge in [-0.2, -0.15) is 0 Å². The first-order valence-electron chi connectivity index (χ1n) is 7.89. The molecule has 0 aromatic rings. The van der Waals surface area contributed by atoms with Crippen LogP contribution in [0.15, 0.2) is 0 Å². The van der Waals surface area contributed by atoms with Crippen molar-refractivity contribution in [2.45, 2.75) is 45.3 Å². The van der Waals surface area contributed by atoms with Gasteiger partial charge in [0.1, 0.15) is 0 Å². The number of hydrogen-bond acceptors (Lipinski definition) is 4. The SMILES string of the molecule is CCCN(CCN(C)C)CC1CCC(CNCC)O1. The molecular formula is C15H33N3O. The second kappa shape index (κ2) is 9.70. The average Bonchev–Trinajstić information content (AvgIpc) is 2.81. The van der Waals surface area contributed by atoms with E-state index in [1.165, 1.54) is 25.8 Å². The van der Waals surface area contributed by atoms with Crippen molar-refractivity contribution < 1.29 is 4.74 Å². The Morgan fingerprint density at radius 1 is 1.05 bits per heavy atom. The van der Waals surface area contributed by atoms with Crippen molar-refractivity contribution in [3.63, 3.8) is 0 Å². The van der Waals surface area contributed by atoms with Crippen LogP contribution in [-0.2, 0) is 4.74 Å². The molecule has 2 atom stereocenters. The van der Waals surface area contributed by atoms with Crippen molar-refractivity contribution in [2.24, 2.45) is 0 Å². The predicted octanol–water partition coefficient (Wildman–Crippen LogP) is 1.42. The number of hydrogen-bond donors (Lipinski definition) is 1. The summed E-state index contributed by atoms with van der Waals surface area (Å²) in [6.07, 6.45) is 4.53. The summed E-state index contributed by atoms with van der Waals surface area (Å²) in [4.78, 5) is 4.81. The quantitative estimate of drug-likeness (QED) is 0.650. The molecule has 4 nitrogen and oxygen atoms in total. The Kier molecular flexibility index (Phi) is 8.62. The van der Waals surface area contributed by atoms with Gasteiger partial charge in [0.2, 0.25) is 0 Å². The van der Waals surface area contributed by atoms with Crippen molar-refractivity contribution in [3.05, 3.63) is 0 Å². The minimum Gasteiger partial charge on any atom is -0.372 e. The molecular weight excluding hydrogens is 238 g/mol. The van der Waals surface area contributed by atoms with Crippen molar-refractivity contribution in [2.75, 3.05) is 53.4 Å². The zero-order valence-electron chi connectivity index (χ0n) is 13.3. The van der Waals surface area contributed by atoms with Gasteiger partial charge in [0.15, 0.2) is 0 Å². The zero-order valence-corrected chi connectivity index (χ0v) is 13.3. The van der Waals surface area contributed by atoms with Gasteiger partial charge in [-0.25, -0.2) is 0 Å². The smallest absolute Gasteiger partial charge is 0.0707 e. The third-order valence-electron chi connectivity index (χ3n) is 3.68. The lowest BCUT2D eigenvalue weighted by atomic mass is 10.2. The van der Waals surface area contributed by atoms with Crippen LogP contribution in [0.5, 0.6) is 0 Å². The van der Waals surface area contributed by atoms with Gasteiger partial charge in [-0.3, -0.25) is 4.90 Å². The summed E-state index contributed by atoms with van der Waals surface area (Å²) in [6, 6.07) is 0. The molecule has 1 aliphatic rings. The molecule has 0 aromatic carbocycles. The molecule has 0 spiro atoms. The van der Waals surface area contributed by atoms with Crippen molar-refractivity contribution in [1.82, 2.24) is 15.1 Å².